The van der Waals surface area contributed by atoms with Crippen LogP contribution >= 0.6 is 11.3 Å². The zero-order valence-corrected chi connectivity index (χ0v) is 23.2. The van der Waals surface area contributed by atoms with Crippen LogP contribution < -0.4 is 4.74 Å². The summed E-state index contributed by atoms with van der Waals surface area (Å²) in [6.07, 6.45) is -0.597. The van der Waals surface area contributed by atoms with Crippen LogP contribution in [0, 0.1) is 6.92 Å². The molecule has 4 rings (SSSR count). The summed E-state index contributed by atoms with van der Waals surface area (Å²) in [5.74, 6) is 0.825. The Labute approximate surface area is 218 Å². The van der Waals surface area contributed by atoms with Crippen molar-refractivity contribution >= 4 is 31.4 Å². The normalized spacial score (nSPS) is 16.9. The lowest BCUT2D eigenvalue weighted by molar-refractivity contribution is 0.0472. The van der Waals surface area contributed by atoms with Gasteiger partial charge in [0.2, 0.25) is 0 Å². The van der Waals surface area contributed by atoms with E-state index < -0.39 is 15.9 Å². The summed E-state index contributed by atoms with van der Waals surface area (Å²) in [6, 6.07) is 13.2. The van der Waals surface area contributed by atoms with Crippen LogP contribution in [0.25, 0.3) is 10.2 Å². The summed E-state index contributed by atoms with van der Waals surface area (Å²) in [7, 11) is -3.34. The number of nitrogens with zero attached hydrogens (tertiary/aromatic N) is 3. The predicted molar refractivity (Wildman–Crippen MR) is 146 cm³/mol. The third kappa shape index (κ3) is 7.04. The van der Waals surface area contributed by atoms with Gasteiger partial charge in [-0.3, -0.25) is 9.80 Å². The van der Waals surface area contributed by atoms with Crippen molar-refractivity contribution < 1.29 is 18.3 Å². The summed E-state index contributed by atoms with van der Waals surface area (Å²) in [5.41, 5.74) is 1.86. The first kappa shape index (κ1) is 27.0. The van der Waals surface area contributed by atoms with E-state index in [2.05, 4.69) is 35.6 Å². The molecule has 0 saturated carbocycles. The molecule has 1 aliphatic heterocycles. The Morgan fingerprint density at radius 2 is 1.81 bits per heavy atom. The summed E-state index contributed by atoms with van der Waals surface area (Å²) >= 11 is 1.65. The van der Waals surface area contributed by atoms with E-state index in [9.17, 15) is 13.5 Å². The Balaban J connectivity index is 1.20. The van der Waals surface area contributed by atoms with Gasteiger partial charge in [0.1, 0.15) is 18.5 Å². The third-order valence-corrected chi connectivity index (χ3v) is 9.22. The van der Waals surface area contributed by atoms with Crippen LogP contribution in [0.4, 0.5) is 0 Å². The van der Waals surface area contributed by atoms with Gasteiger partial charge in [0.05, 0.1) is 25.9 Å². The van der Waals surface area contributed by atoms with Gasteiger partial charge in [-0.2, -0.15) is 0 Å². The fourth-order valence-corrected chi connectivity index (χ4v) is 6.51. The second-order valence-electron chi connectivity index (χ2n) is 10.6. The van der Waals surface area contributed by atoms with Crippen LogP contribution in [0.1, 0.15) is 31.3 Å². The van der Waals surface area contributed by atoms with E-state index in [0.717, 1.165) is 47.0 Å². The molecule has 1 N–H and O–H groups in total. The van der Waals surface area contributed by atoms with Crippen LogP contribution in [0.2, 0.25) is 0 Å². The first-order valence-electron chi connectivity index (χ1n) is 12.5. The Kier molecular flexibility index (Phi) is 8.36. The van der Waals surface area contributed by atoms with E-state index in [4.69, 9.17) is 4.74 Å². The van der Waals surface area contributed by atoms with Gasteiger partial charge in [0.15, 0.2) is 9.84 Å². The zero-order chi connectivity index (χ0) is 25.9. The molecular weight excluding hydrogens is 494 g/mol. The average Bonchev–Trinajstić information content (AvgIpc) is 3.21. The van der Waals surface area contributed by atoms with Crippen molar-refractivity contribution in [2.24, 2.45) is 0 Å². The zero-order valence-electron chi connectivity index (χ0n) is 21.6. The monoisotopic (exact) mass is 531 g/mol. The summed E-state index contributed by atoms with van der Waals surface area (Å²) in [6.45, 7) is 12.7. The molecule has 36 heavy (non-hydrogen) atoms. The molecule has 1 aliphatic rings. The number of sulfone groups is 1. The Hall–Kier alpha value is -2.04. The molecule has 0 radical (unpaired) electrons. The fourth-order valence-electron chi connectivity index (χ4n) is 4.37. The second-order valence-corrected chi connectivity index (χ2v) is 13.9. The van der Waals surface area contributed by atoms with Crippen molar-refractivity contribution in [3.8, 4) is 5.75 Å². The highest BCUT2D eigenvalue weighted by Crippen LogP contribution is 2.26. The minimum Gasteiger partial charge on any atom is -0.491 e. The number of fused-ring (bicyclic) bond motifs is 1. The van der Waals surface area contributed by atoms with E-state index in [1.807, 2.05) is 43.3 Å². The molecule has 3 aromatic rings. The van der Waals surface area contributed by atoms with Crippen molar-refractivity contribution in [3.05, 3.63) is 53.0 Å². The molecule has 0 amide bonds. The molecule has 0 aliphatic carbocycles. The number of rotatable bonds is 9. The van der Waals surface area contributed by atoms with E-state index in [1.54, 1.807) is 17.4 Å². The lowest BCUT2D eigenvalue weighted by Crippen LogP contribution is -2.50. The Morgan fingerprint density at radius 3 is 2.53 bits per heavy atom. The topological polar surface area (TPSA) is 83.0 Å². The van der Waals surface area contributed by atoms with Gasteiger partial charge in [-0.15, -0.1) is 11.3 Å². The van der Waals surface area contributed by atoms with Crippen molar-refractivity contribution in [2.45, 2.75) is 44.1 Å². The Bertz CT molecular complexity index is 1280. The standard InChI is InChI=1S/C27H37N3O4S2/c1-20-28-25-17-23(8-9-26(25)35-20)34-19-22(31)18-30-12-10-29(11-13-30)14-15-36(32,33)24-7-5-6-21(16-24)27(2,3)4/h5-9,16-17,22,31H,10-15,18-19H2,1-4H3/t22-/m1/s1. The number of hydrogen-bond donors (Lipinski definition) is 1. The largest absolute Gasteiger partial charge is 0.491 e. The Morgan fingerprint density at radius 1 is 1.08 bits per heavy atom. The van der Waals surface area contributed by atoms with Gasteiger partial charge < -0.3 is 9.84 Å². The molecule has 0 unspecified atom stereocenters. The second kappa shape index (κ2) is 11.1. The first-order chi connectivity index (χ1) is 17.0. The maximum absolute atomic E-state index is 12.9. The highest BCUT2D eigenvalue weighted by Gasteiger charge is 2.23. The predicted octanol–water partition coefficient (Wildman–Crippen LogP) is 3.73. The molecule has 0 bridgehead atoms. The molecule has 2 aromatic carbocycles. The van der Waals surface area contributed by atoms with E-state index in [0.29, 0.717) is 23.7 Å². The molecule has 1 aromatic heterocycles. The molecular formula is C27H37N3O4S2. The molecule has 196 valence electrons. The van der Waals surface area contributed by atoms with Gasteiger partial charge >= 0.3 is 0 Å². The number of benzene rings is 2. The van der Waals surface area contributed by atoms with Crippen molar-refractivity contribution in [1.29, 1.82) is 0 Å². The number of aliphatic hydroxyl groups excluding tert-OH is 1. The number of β-amino-alcohol motifs (C(OH)–C–C–N with tert-alkyl or cyclic N) is 1. The minimum atomic E-state index is -3.34. The van der Waals surface area contributed by atoms with Crippen LogP contribution in [0.5, 0.6) is 5.75 Å². The van der Waals surface area contributed by atoms with Crippen molar-refractivity contribution in [3.63, 3.8) is 0 Å². The third-order valence-electron chi connectivity index (χ3n) is 6.58. The molecule has 1 saturated heterocycles. The van der Waals surface area contributed by atoms with Crippen LogP contribution in [0.3, 0.4) is 0 Å². The highest BCUT2D eigenvalue weighted by atomic mass is 32.2. The summed E-state index contributed by atoms with van der Waals surface area (Å²) in [4.78, 5) is 9.29. The quantitative estimate of drug-likeness (QED) is 0.450. The maximum atomic E-state index is 12.9. The molecule has 9 heteroatoms. The van der Waals surface area contributed by atoms with E-state index >= 15 is 0 Å². The highest BCUT2D eigenvalue weighted by molar-refractivity contribution is 7.91. The van der Waals surface area contributed by atoms with Crippen LogP contribution in [-0.2, 0) is 15.3 Å². The number of hydrogen-bond acceptors (Lipinski definition) is 8. The number of ether oxygens (including phenoxy) is 1. The van der Waals surface area contributed by atoms with Gasteiger partial charge in [-0.05, 0) is 42.2 Å². The van der Waals surface area contributed by atoms with Crippen LogP contribution in [-0.4, -0.2) is 86.0 Å². The van der Waals surface area contributed by atoms with Gasteiger partial charge in [0.25, 0.3) is 0 Å². The molecule has 7 nitrogen and oxygen atoms in total. The smallest absolute Gasteiger partial charge is 0.179 e. The minimum absolute atomic E-state index is 0.0919. The number of aryl methyl sites for hydroxylation is 1. The van der Waals surface area contributed by atoms with Crippen LogP contribution in [0.15, 0.2) is 47.4 Å². The summed E-state index contributed by atoms with van der Waals surface area (Å²) in [5, 5.41) is 11.5. The van der Waals surface area contributed by atoms with Crippen molar-refractivity contribution in [2.75, 3.05) is 51.6 Å². The van der Waals surface area contributed by atoms with Gasteiger partial charge in [-0.25, -0.2) is 13.4 Å². The summed E-state index contributed by atoms with van der Waals surface area (Å²) < 4.78 is 32.8. The number of piperazine rings is 1. The SMILES string of the molecule is Cc1nc2cc(OC[C@H](O)CN3CCN(CCS(=O)(=O)c4cccc(C(C)(C)C)c4)CC3)ccc2s1. The average molecular weight is 532 g/mol. The van der Waals surface area contributed by atoms with Gasteiger partial charge in [0, 0.05) is 45.3 Å². The number of aliphatic hydroxyl groups is 1. The fraction of sp³-hybridized carbons (Fsp3) is 0.519. The van der Waals surface area contributed by atoms with Crippen molar-refractivity contribution in [1.82, 2.24) is 14.8 Å². The number of thiazole rings is 1. The van der Waals surface area contributed by atoms with Gasteiger partial charge in [-0.1, -0.05) is 32.9 Å². The lowest BCUT2D eigenvalue weighted by Gasteiger charge is -2.35. The molecule has 2 heterocycles. The first-order valence-corrected chi connectivity index (χ1v) is 14.9. The van der Waals surface area contributed by atoms with E-state index in [-0.39, 0.29) is 17.8 Å². The molecule has 1 fully saturated rings. The molecule has 0 spiro atoms. The maximum Gasteiger partial charge on any atom is 0.179 e. The number of aromatic nitrogens is 1. The lowest BCUT2D eigenvalue weighted by atomic mass is 9.87. The molecule has 1 atom stereocenters. The van der Waals surface area contributed by atoms with E-state index in [1.165, 1.54) is 0 Å².